The minimum Gasteiger partial charge on any atom is -0.345 e. The molecular weight excluding hydrogens is 290 g/mol. The van der Waals surface area contributed by atoms with Crippen LogP contribution in [0.25, 0.3) is 0 Å². The number of hydrogen-bond acceptors (Lipinski definition) is 4. The topological polar surface area (TPSA) is 92.5 Å². The van der Waals surface area contributed by atoms with Crippen LogP contribution in [0.1, 0.15) is 19.4 Å². The summed E-state index contributed by atoms with van der Waals surface area (Å²) in [6, 6.07) is 5.70. The third kappa shape index (κ3) is 4.80. The molecule has 0 saturated carbocycles. The number of rotatable bonds is 7. The Balaban J connectivity index is 2.83. The van der Waals surface area contributed by atoms with E-state index in [0.29, 0.717) is 19.5 Å². The van der Waals surface area contributed by atoms with Crippen molar-refractivity contribution in [2.24, 2.45) is 5.73 Å². The van der Waals surface area contributed by atoms with Crippen molar-refractivity contribution in [1.29, 1.82) is 0 Å². The number of carbonyl (C=O) groups is 1. The van der Waals surface area contributed by atoms with Crippen molar-refractivity contribution in [3.8, 4) is 0 Å². The largest absolute Gasteiger partial charge is 0.345 e. The zero-order valence-electron chi connectivity index (χ0n) is 12.7. The summed E-state index contributed by atoms with van der Waals surface area (Å²) in [4.78, 5) is 13.5. The van der Waals surface area contributed by atoms with Gasteiger partial charge in [-0.25, -0.2) is 8.42 Å². The van der Waals surface area contributed by atoms with Gasteiger partial charge < -0.3 is 10.6 Å². The van der Waals surface area contributed by atoms with E-state index < -0.39 is 16.1 Å². The van der Waals surface area contributed by atoms with Gasteiger partial charge in [-0.1, -0.05) is 12.1 Å². The molecule has 1 aromatic rings. The molecule has 118 valence electrons. The second kappa shape index (κ2) is 7.53. The Kier molecular flexibility index (Phi) is 6.32. The Morgan fingerprint density at radius 2 is 1.90 bits per heavy atom. The standard InChI is InChI=1S/C14H23N3O3S/c1-4-17(3)14(18)11(2)16-21(19,20)13-7-5-12(6-8-13)9-10-15/h5-8,11,16H,4,9-10,15H2,1-3H3. The third-order valence-electron chi connectivity index (χ3n) is 3.22. The molecule has 6 nitrogen and oxygen atoms in total. The molecular formula is C14H23N3O3S. The highest BCUT2D eigenvalue weighted by Gasteiger charge is 2.23. The first-order chi connectivity index (χ1) is 9.81. The fourth-order valence-corrected chi connectivity index (χ4v) is 3.04. The summed E-state index contributed by atoms with van der Waals surface area (Å²) >= 11 is 0. The Hall–Kier alpha value is -1.44. The number of carbonyl (C=O) groups excluding carboxylic acids is 1. The van der Waals surface area contributed by atoms with E-state index in [2.05, 4.69) is 4.72 Å². The SMILES string of the molecule is CCN(C)C(=O)C(C)NS(=O)(=O)c1ccc(CCN)cc1. The summed E-state index contributed by atoms with van der Waals surface area (Å²) in [5, 5.41) is 0. The fraction of sp³-hybridized carbons (Fsp3) is 0.500. The van der Waals surface area contributed by atoms with E-state index in [1.165, 1.54) is 24.0 Å². The van der Waals surface area contributed by atoms with Crippen LogP contribution in [0.3, 0.4) is 0 Å². The van der Waals surface area contributed by atoms with Crippen molar-refractivity contribution < 1.29 is 13.2 Å². The van der Waals surface area contributed by atoms with Gasteiger partial charge in [0.1, 0.15) is 0 Å². The summed E-state index contributed by atoms with van der Waals surface area (Å²) in [5.41, 5.74) is 6.43. The quantitative estimate of drug-likeness (QED) is 0.759. The third-order valence-corrected chi connectivity index (χ3v) is 4.78. The van der Waals surface area contributed by atoms with E-state index in [1.54, 1.807) is 19.2 Å². The summed E-state index contributed by atoms with van der Waals surface area (Å²) < 4.78 is 26.8. The molecule has 1 amide bonds. The molecule has 0 fully saturated rings. The molecule has 0 aliphatic carbocycles. The minimum absolute atomic E-state index is 0.141. The van der Waals surface area contributed by atoms with Crippen LogP contribution >= 0.6 is 0 Å². The van der Waals surface area contributed by atoms with E-state index in [1.807, 2.05) is 6.92 Å². The number of likely N-dealkylation sites (N-methyl/N-ethyl adjacent to an activating group) is 1. The average molecular weight is 313 g/mol. The summed E-state index contributed by atoms with van der Waals surface area (Å²) in [5.74, 6) is -0.263. The molecule has 1 unspecified atom stereocenters. The lowest BCUT2D eigenvalue weighted by atomic mass is 10.2. The molecule has 1 aromatic carbocycles. The van der Waals surface area contributed by atoms with Crippen molar-refractivity contribution >= 4 is 15.9 Å². The van der Waals surface area contributed by atoms with Crippen LogP contribution in [-0.2, 0) is 21.2 Å². The maximum absolute atomic E-state index is 12.2. The average Bonchev–Trinajstić information content (AvgIpc) is 2.46. The van der Waals surface area contributed by atoms with Gasteiger partial charge in [0.25, 0.3) is 0 Å². The number of benzene rings is 1. The first-order valence-corrected chi connectivity index (χ1v) is 8.36. The van der Waals surface area contributed by atoms with Crippen molar-refractivity contribution in [2.45, 2.75) is 31.2 Å². The Morgan fingerprint density at radius 3 is 2.38 bits per heavy atom. The zero-order valence-corrected chi connectivity index (χ0v) is 13.5. The molecule has 0 aliphatic rings. The number of nitrogens with one attached hydrogen (secondary N) is 1. The molecule has 0 aromatic heterocycles. The van der Waals surface area contributed by atoms with Crippen molar-refractivity contribution in [1.82, 2.24) is 9.62 Å². The molecule has 0 radical (unpaired) electrons. The van der Waals surface area contributed by atoms with Gasteiger partial charge in [0.15, 0.2) is 0 Å². The van der Waals surface area contributed by atoms with Gasteiger partial charge in [0.05, 0.1) is 10.9 Å². The zero-order chi connectivity index (χ0) is 16.0. The molecule has 1 rings (SSSR count). The van der Waals surface area contributed by atoms with Gasteiger partial charge >= 0.3 is 0 Å². The van der Waals surface area contributed by atoms with Crippen LogP contribution in [0.5, 0.6) is 0 Å². The summed E-state index contributed by atoms with van der Waals surface area (Å²) in [6.07, 6.45) is 0.698. The molecule has 0 aliphatic heterocycles. The van der Waals surface area contributed by atoms with E-state index in [4.69, 9.17) is 5.73 Å². The number of amides is 1. The normalized spacial score (nSPS) is 13.0. The molecule has 3 N–H and O–H groups in total. The van der Waals surface area contributed by atoms with E-state index in [9.17, 15) is 13.2 Å². The van der Waals surface area contributed by atoms with Gasteiger partial charge in [0.2, 0.25) is 15.9 Å². The van der Waals surface area contributed by atoms with Crippen molar-refractivity contribution in [3.05, 3.63) is 29.8 Å². The van der Waals surface area contributed by atoms with Gasteiger partial charge in [0, 0.05) is 13.6 Å². The molecule has 0 bridgehead atoms. The first-order valence-electron chi connectivity index (χ1n) is 6.88. The predicted molar refractivity (Wildman–Crippen MR) is 82.3 cm³/mol. The van der Waals surface area contributed by atoms with Crippen LogP contribution in [0, 0.1) is 0 Å². The summed E-state index contributed by atoms with van der Waals surface area (Å²) in [6.45, 7) is 4.40. The number of nitrogens with zero attached hydrogens (tertiary/aromatic N) is 1. The lowest BCUT2D eigenvalue weighted by Crippen LogP contribution is -2.45. The number of hydrogen-bond donors (Lipinski definition) is 2. The predicted octanol–water partition coefficient (Wildman–Crippen LogP) is 0.333. The minimum atomic E-state index is -3.71. The van der Waals surface area contributed by atoms with E-state index in [-0.39, 0.29) is 10.8 Å². The van der Waals surface area contributed by atoms with Crippen molar-refractivity contribution in [2.75, 3.05) is 20.1 Å². The Bertz CT molecular complexity index is 570. The van der Waals surface area contributed by atoms with Gasteiger partial charge in [-0.3, -0.25) is 4.79 Å². The molecule has 0 heterocycles. The lowest BCUT2D eigenvalue weighted by molar-refractivity contribution is -0.131. The molecule has 0 saturated heterocycles. The van der Waals surface area contributed by atoms with E-state index in [0.717, 1.165) is 5.56 Å². The lowest BCUT2D eigenvalue weighted by Gasteiger charge is -2.20. The van der Waals surface area contributed by atoms with Crippen molar-refractivity contribution in [3.63, 3.8) is 0 Å². The Labute approximate surface area is 126 Å². The highest BCUT2D eigenvalue weighted by atomic mass is 32.2. The van der Waals surface area contributed by atoms with E-state index >= 15 is 0 Å². The van der Waals surface area contributed by atoms with Crippen LogP contribution < -0.4 is 10.5 Å². The number of nitrogens with two attached hydrogens (primary N) is 1. The fourth-order valence-electron chi connectivity index (χ4n) is 1.84. The number of sulfonamides is 1. The first kappa shape index (κ1) is 17.6. The monoisotopic (exact) mass is 313 g/mol. The van der Waals surface area contributed by atoms with Gasteiger partial charge in [-0.15, -0.1) is 0 Å². The van der Waals surface area contributed by atoms with Crippen LogP contribution in [0.15, 0.2) is 29.2 Å². The second-order valence-electron chi connectivity index (χ2n) is 4.88. The maximum Gasteiger partial charge on any atom is 0.241 e. The highest BCUT2D eigenvalue weighted by Crippen LogP contribution is 2.11. The van der Waals surface area contributed by atoms with Gasteiger partial charge in [-0.2, -0.15) is 4.72 Å². The molecule has 0 spiro atoms. The molecule has 21 heavy (non-hydrogen) atoms. The Morgan fingerprint density at radius 1 is 1.33 bits per heavy atom. The highest BCUT2D eigenvalue weighted by molar-refractivity contribution is 7.89. The maximum atomic E-state index is 12.2. The van der Waals surface area contributed by atoms with Gasteiger partial charge in [-0.05, 0) is 44.5 Å². The summed E-state index contributed by atoms with van der Waals surface area (Å²) in [7, 11) is -2.07. The van der Waals surface area contributed by atoms with Crippen LogP contribution in [0.4, 0.5) is 0 Å². The second-order valence-corrected chi connectivity index (χ2v) is 6.59. The smallest absolute Gasteiger partial charge is 0.241 e. The van der Waals surface area contributed by atoms with Crippen LogP contribution in [0.2, 0.25) is 0 Å². The molecule has 7 heteroatoms. The van der Waals surface area contributed by atoms with Crippen LogP contribution in [-0.4, -0.2) is 45.4 Å². The molecule has 1 atom stereocenters.